The third-order valence-corrected chi connectivity index (χ3v) is 6.03. The number of hydroxylamine groups is 2. The van der Waals surface area contributed by atoms with E-state index in [-0.39, 0.29) is 23.1 Å². The molecule has 0 amide bonds. The molecule has 0 aromatic rings. The second kappa shape index (κ2) is 5.24. The Balaban J connectivity index is 2.39. The molecule has 2 aliphatic rings. The van der Waals surface area contributed by atoms with Crippen molar-refractivity contribution >= 4 is 0 Å². The van der Waals surface area contributed by atoms with Crippen LogP contribution in [0.25, 0.3) is 0 Å². The Labute approximate surface area is 123 Å². The Morgan fingerprint density at radius 3 is 2.30 bits per heavy atom. The zero-order valence-electron chi connectivity index (χ0n) is 13.9. The Kier molecular flexibility index (Phi) is 4.25. The fourth-order valence-corrected chi connectivity index (χ4v) is 3.87. The molecule has 0 radical (unpaired) electrons. The van der Waals surface area contributed by atoms with E-state index >= 15 is 0 Å². The third kappa shape index (κ3) is 2.12. The first kappa shape index (κ1) is 16.2. The van der Waals surface area contributed by atoms with Gasteiger partial charge in [0, 0.05) is 17.9 Å². The fraction of sp³-hybridized carbons (Fsp3) is 1.00. The summed E-state index contributed by atoms with van der Waals surface area (Å²) in [6, 6.07) is 0. The van der Waals surface area contributed by atoms with Crippen LogP contribution in [0.5, 0.6) is 0 Å². The van der Waals surface area contributed by atoms with Crippen molar-refractivity contribution in [2.24, 2.45) is 5.92 Å². The fourth-order valence-electron chi connectivity index (χ4n) is 3.87. The highest BCUT2D eigenvalue weighted by Crippen LogP contribution is 2.53. The minimum absolute atomic E-state index is 0.126. The summed E-state index contributed by atoms with van der Waals surface area (Å²) in [5, 5.41) is 12.4. The van der Waals surface area contributed by atoms with Crippen molar-refractivity contribution in [3.05, 3.63) is 0 Å². The second-order valence-corrected chi connectivity index (χ2v) is 7.04. The van der Waals surface area contributed by atoms with E-state index in [0.717, 1.165) is 25.7 Å². The summed E-state index contributed by atoms with van der Waals surface area (Å²) in [6.07, 6.45) is 3.62. The third-order valence-electron chi connectivity index (χ3n) is 6.03. The van der Waals surface area contributed by atoms with Gasteiger partial charge in [0.15, 0.2) is 5.79 Å². The predicted octanol–water partition coefficient (Wildman–Crippen LogP) is 3.58. The summed E-state index contributed by atoms with van der Waals surface area (Å²) in [4.78, 5) is 0. The maximum Gasteiger partial charge on any atom is 0.175 e. The van der Waals surface area contributed by atoms with Crippen molar-refractivity contribution in [1.82, 2.24) is 5.06 Å². The molecule has 0 saturated carbocycles. The maximum absolute atomic E-state index is 10.8. The van der Waals surface area contributed by atoms with Crippen LogP contribution in [0.4, 0.5) is 0 Å². The molecule has 2 saturated heterocycles. The van der Waals surface area contributed by atoms with Crippen LogP contribution in [0, 0.1) is 5.92 Å². The molecule has 2 rings (SSSR count). The normalized spacial score (nSPS) is 50.0. The van der Waals surface area contributed by atoms with E-state index < -0.39 is 5.79 Å². The Hall–Kier alpha value is -0.160. The Morgan fingerprint density at radius 2 is 1.85 bits per heavy atom. The van der Waals surface area contributed by atoms with Gasteiger partial charge in [-0.1, -0.05) is 27.7 Å². The van der Waals surface area contributed by atoms with E-state index in [1.54, 1.807) is 5.06 Å². The summed E-state index contributed by atoms with van der Waals surface area (Å²) in [6.45, 7) is 13.4. The SMILES string of the molecule is CCC1COC2(CC(C)(CC)N(O)C(C)(CC)C2C)O1. The van der Waals surface area contributed by atoms with Crippen LogP contribution in [0.15, 0.2) is 0 Å². The largest absolute Gasteiger partial charge is 0.347 e. The lowest BCUT2D eigenvalue weighted by Crippen LogP contribution is -2.70. The van der Waals surface area contributed by atoms with Crippen molar-refractivity contribution in [3.8, 4) is 0 Å². The number of ether oxygens (including phenoxy) is 2. The maximum atomic E-state index is 10.8. The van der Waals surface area contributed by atoms with Gasteiger partial charge >= 0.3 is 0 Å². The molecule has 0 aromatic heterocycles. The monoisotopic (exact) mass is 285 g/mol. The van der Waals surface area contributed by atoms with Crippen LogP contribution in [0.3, 0.4) is 0 Å². The van der Waals surface area contributed by atoms with Crippen LogP contribution in [0.1, 0.15) is 67.2 Å². The van der Waals surface area contributed by atoms with Crippen LogP contribution in [0.2, 0.25) is 0 Å². The lowest BCUT2D eigenvalue weighted by atomic mass is 9.67. The van der Waals surface area contributed by atoms with E-state index in [2.05, 4.69) is 41.5 Å². The quantitative estimate of drug-likeness (QED) is 0.860. The molecule has 20 heavy (non-hydrogen) atoms. The lowest BCUT2D eigenvalue weighted by molar-refractivity contribution is -0.351. The molecule has 1 N–H and O–H groups in total. The molecule has 1 spiro atoms. The van der Waals surface area contributed by atoms with E-state index in [9.17, 15) is 5.21 Å². The molecule has 5 unspecified atom stereocenters. The van der Waals surface area contributed by atoms with Crippen molar-refractivity contribution in [2.45, 2.75) is 90.2 Å². The molecule has 5 atom stereocenters. The van der Waals surface area contributed by atoms with Gasteiger partial charge in [0.2, 0.25) is 0 Å². The highest BCUT2D eigenvalue weighted by Gasteiger charge is 2.63. The van der Waals surface area contributed by atoms with E-state index in [4.69, 9.17) is 9.47 Å². The highest BCUT2D eigenvalue weighted by molar-refractivity contribution is 5.08. The summed E-state index contributed by atoms with van der Waals surface area (Å²) < 4.78 is 12.5. The van der Waals surface area contributed by atoms with E-state index in [1.165, 1.54) is 0 Å². The minimum Gasteiger partial charge on any atom is -0.347 e. The lowest BCUT2D eigenvalue weighted by Gasteiger charge is -2.60. The van der Waals surface area contributed by atoms with Gasteiger partial charge in [0.25, 0.3) is 0 Å². The average molecular weight is 285 g/mol. The molecular formula is C16H31NO3. The van der Waals surface area contributed by atoms with Gasteiger partial charge in [-0.15, -0.1) is 0 Å². The molecule has 0 aliphatic carbocycles. The van der Waals surface area contributed by atoms with Gasteiger partial charge < -0.3 is 14.7 Å². The van der Waals surface area contributed by atoms with Gasteiger partial charge in [0.1, 0.15) is 0 Å². The van der Waals surface area contributed by atoms with Gasteiger partial charge in [-0.25, -0.2) is 0 Å². The zero-order valence-corrected chi connectivity index (χ0v) is 13.9. The van der Waals surface area contributed by atoms with Crippen LogP contribution >= 0.6 is 0 Å². The van der Waals surface area contributed by atoms with Gasteiger partial charge in [-0.05, 0) is 33.1 Å². The summed E-state index contributed by atoms with van der Waals surface area (Å²) in [7, 11) is 0. The number of nitrogens with zero attached hydrogens (tertiary/aromatic N) is 1. The Morgan fingerprint density at radius 1 is 1.20 bits per heavy atom. The first-order chi connectivity index (χ1) is 9.28. The topological polar surface area (TPSA) is 41.9 Å². The standard InChI is InChI=1S/C16H31NO3/c1-7-13-10-19-16(20-13)11-14(5,8-2)17(18)15(6,9-3)12(16)4/h12-13,18H,7-11H2,1-6H3. The number of hydrogen-bond acceptors (Lipinski definition) is 4. The molecule has 118 valence electrons. The number of rotatable bonds is 3. The highest BCUT2D eigenvalue weighted by atomic mass is 16.7. The minimum atomic E-state index is -0.546. The summed E-state index contributed by atoms with van der Waals surface area (Å²) in [5.41, 5.74) is -0.633. The number of hydrogen-bond donors (Lipinski definition) is 1. The van der Waals surface area contributed by atoms with Crippen LogP contribution < -0.4 is 0 Å². The molecule has 2 aliphatic heterocycles. The molecule has 2 fully saturated rings. The predicted molar refractivity (Wildman–Crippen MR) is 78.6 cm³/mol. The van der Waals surface area contributed by atoms with Gasteiger partial charge in [-0.2, -0.15) is 5.06 Å². The van der Waals surface area contributed by atoms with Gasteiger partial charge in [-0.3, -0.25) is 0 Å². The first-order valence-electron chi connectivity index (χ1n) is 8.09. The summed E-state index contributed by atoms with van der Waals surface area (Å²) >= 11 is 0. The van der Waals surface area contributed by atoms with Crippen molar-refractivity contribution < 1.29 is 14.7 Å². The average Bonchev–Trinajstić information content (AvgIpc) is 2.87. The molecule has 0 bridgehead atoms. The number of piperidine rings is 1. The van der Waals surface area contributed by atoms with Crippen LogP contribution in [-0.2, 0) is 9.47 Å². The van der Waals surface area contributed by atoms with Crippen molar-refractivity contribution in [3.63, 3.8) is 0 Å². The molecule has 4 nitrogen and oxygen atoms in total. The molecule has 4 heteroatoms. The Bertz CT molecular complexity index is 364. The molecular weight excluding hydrogens is 254 g/mol. The second-order valence-electron chi connectivity index (χ2n) is 7.04. The molecule has 0 aromatic carbocycles. The van der Waals surface area contributed by atoms with Crippen molar-refractivity contribution in [2.75, 3.05) is 6.61 Å². The first-order valence-corrected chi connectivity index (χ1v) is 8.09. The van der Waals surface area contributed by atoms with E-state index in [1.807, 2.05) is 0 Å². The van der Waals surface area contributed by atoms with Crippen LogP contribution in [-0.4, -0.2) is 39.8 Å². The van der Waals surface area contributed by atoms with Gasteiger partial charge in [0.05, 0.1) is 18.2 Å². The smallest absolute Gasteiger partial charge is 0.175 e. The van der Waals surface area contributed by atoms with Crippen molar-refractivity contribution in [1.29, 1.82) is 0 Å². The zero-order chi connectivity index (χ0) is 15.2. The summed E-state index contributed by atoms with van der Waals surface area (Å²) in [5.74, 6) is -0.420. The van der Waals surface area contributed by atoms with E-state index in [0.29, 0.717) is 6.61 Å². The molecule has 2 heterocycles.